The van der Waals surface area contributed by atoms with Gasteiger partial charge in [0.25, 0.3) is 0 Å². The molecule has 0 aliphatic heterocycles. The van der Waals surface area contributed by atoms with Crippen LogP contribution < -0.4 is 0 Å². The van der Waals surface area contributed by atoms with E-state index in [1.807, 2.05) is 48.5 Å². The second-order valence-corrected chi connectivity index (χ2v) is 5.63. The second-order valence-electron chi connectivity index (χ2n) is 4.35. The van der Waals surface area contributed by atoms with Crippen molar-refractivity contribution in [1.82, 2.24) is 9.97 Å². The quantitative estimate of drug-likeness (QED) is 0.582. The summed E-state index contributed by atoms with van der Waals surface area (Å²) in [5.41, 5.74) is 3.75. The van der Waals surface area contributed by atoms with E-state index in [-0.39, 0.29) is 0 Å². The van der Waals surface area contributed by atoms with Crippen LogP contribution in [0.3, 0.4) is 0 Å². The molecule has 0 spiro atoms. The SMILES string of the molecule is S=c1[nH]c(-c2cccc(Cl)c2)c(-c2cccc(Cl)c2)[nH]1. The lowest BCUT2D eigenvalue weighted by molar-refractivity contribution is 1.27. The maximum atomic E-state index is 6.05. The van der Waals surface area contributed by atoms with Crippen LogP contribution in [0.15, 0.2) is 48.5 Å². The van der Waals surface area contributed by atoms with Crippen LogP contribution in [0.25, 0.3) is 22.5 Å². The van der Waals surface area contributed by atoms with E-state index in [9.17, 15) is 0 Å². The molecule has 3 aromatic rings. The first-order valence-electron chi connectivity index (χ1n) is 5.97. The number of hydrogen-bond donors (Lipinski definition) is 2. The maximum Gasteiger partial charge on any atom is 0.175 e. The molecule has 0 amide bonds. The smallest absolute Gasteiger partial charge is 0.175 e. The third-order valence-corrected chi connectivity index (χ3v) is 3.63. The number of benzene rings is 2. The third-order valence-electron chi connectivity index (χ3n) is 2.95. The Hall–Kier alpha value is -1.55. The summed E-state index contributed by atoms with van der Waals surface area (Å²) >= 11 is 17.3. The largest absolute Gasteiger partial charge is 0.330 e. The van der Waals surface area contributed by atoms with Gasteiger partial charge < -0.3 is 9.97 Å². The Kier molecular flexibility index (Phi) is 3.66. The molecule has 0 saturated heterocycles. The van der Waals surface area contributed by atoms with E-state index in [1.54, 1.807) is 0 Å². The Bertz CT molecular complexity index is 754. The summed E-state index contributed by atoms with van der Waals surface area (Å²) in [4.78, 5) is 6.33. The number of halogens is 2. The molecule has 2 aromatic carbocycles. The molecule has 100 valence electrons. The molecule has 5 heteroatoms. The van der Waals surface area contributed by atoms with Gasteiger partial charge in [-0.25, -0.2) is 0 Å². The minimum atomic E-state index is 0.565. The highest BCUT2D eigenvalue weighted by molar-refractivity contribution is 7.71. The summed E-state index contributed by atoms with van der Waals surface area (Å²) in [5, 5.41) is 1.36. The van der Waals surface area contributed by atoms with Crippen molar-refractivity contribution in [1.29, 1.82) is 0 Å². The van der Waals surface area contributed by atoms with Gasteiger partial charge in [0.2, 0.25) is 0 Å². The number of aromatic amines is 2. The maximum absolute atomic E-state index is 6.05. The predicted molar refractivity (Wildman–Crippen MR) is 86.9 cm³/mol. The highest BCUT2D eigenvalue weighted by Gasteiger charge is 2.11. The van der Waals surface area contributed by atoms with Crippen LogP contribution in [0.1, 0.15) is 0 Å². The van der Waals surface area contributed by atoms with Gasteiger partial charge in [-0.15, -0.1) is 0 Å². The predicted octanol–water partition coefficient (Wildman–Crippen LogP) is 5.71. The molecular formula is C15H10Cl2N2S. The molecule has 20 heavy (non-hydrogen) atoms. The number of aromatic nitrogens is 2. The first-order valence-corrected chi connectivity index (χ1v) is 7.14. The van der Waals surface area contributed by atoms with E-state index >= 15 is 0 Å². The standard InChI is InChI=1S/C15H10Cl2N2S/c16-11-5-1-3-9(7-11)13-14(19-15(20)18-13)10-4-2-6-12(17)8-10/h1-8H,(H2,18,19,20). The average Bonchev–Trinajstić information content (AvgIpc) is 2.81. The highest BCUT2D eigenvalue weighted by Crippen LogP contribution is 2.31. The van der Waals surface area contributed by atoms with Crippen molar-refractivity contribution < 1.29 is 0 Å². The van der Waals surface area contributed by atoms with Gasteiger partial charge in [-0.05, 0) is 36.5 Å². The average molecular weight is 321 g/mol. The summed E-state index contributed by atoms with van der Waals surface area (Å²) in [6.07, 6.45) is 0. The zero-order valence-corrected chi connectivity index (χ0v) is 12.6. The fraction of sp³-hybridized carbons (Fsp3) is 0. The van der Waals surface area contributed by atoms with Crippen molar-refractivity contribution in [3.63, 3.8) is 0 Å². The molecule has 0 aliphatic rings. The molecule has 0 atom stereocenters. The van der Waals surface area contributed by atoms with Crippen LogP contribution in [-0.2, 0) is 0 Å². The number of rotatable bonds is 2. The Morgan fingerprint density at radius 2 is 1.20 bits per heavy atom. The zero-order valence-electron chi connectivity index (χ0n) is 10.3. The van der Waals surface area contributed by atoms with Crippen molar-refractivity contribution in [3.05, 3.63) is 63.3 Å². The van der Waals surface area contributed by atoms with Gasteiger partial charge in [0.15, 0.2) is 4.77 Å². The topological polar surface area (TPSA) is 31.6 Å². The van der Waals surface area contributed by atoms with Crippen molar-refractivity contribution in [2.75, 3.05) is 0 Å². The zero-order chi connectivity index (χ0) is 14.1. The third kappa shape index (κ3) is 2.66. The van der Waals surface area contributed by atoms with E-state index < -0.39 is 0 Å². The summed E-state index contributed by atoms with van der Waals surface area (Å²) in [6, 6.07) is 15.2. The van der Waals surface area contributed by atoms with Gasteiger partial charge in [-0.1, -0.05) is 47.5 Å². The molecule has 0 bridgehead atoms. The van der Waals surface area contributed by atoms with Crippen LogP contribution >= 0.6 is 35.4 Å². The minimum absolute atomic E-state index is 0.565. The molecule has 0 saturated carbocycles. The normalized spacial score (nSPS) is 10.7. The summed E-state index contributed by atoms with van der Waals surface area (Å²) in [7, 11) is 0. The number of nitrogens with one attached hydrogen (secondary N) is 2. The fourth-order valence-corrected chi connectivity index (χ4v) is 2.69. The van der Waals surface area contributed by atoms with E-state index in [0.29, 0.717) is 14.8 Å². The van der Waals surface area contributed by atoms with E-state index in [0.717, 1.165) is 22.5 Å². The van der Waals surface area contributed by atoms with Crippen LogP contribution in [0, 0.1) is 4.77 Å². The van der Waals surface area contributed by atoms with Crippen LogP contribution in [0.2, 0.25) is 10.0 Å². The van der Waals surface area contributed by atoms with Gasteiger partial charge in [-0.3, -0.25) is 0 Å². The lowest BCUT2D eigenvalue weighted by Gasteiger charge is -2.05. The molecule has 0 aliphatic carbocycles. The first kappa shape index (κ1) is 13.4. The summed E-state index contributed by atoms with van der Waals surface area (Å²) < 4.78 is 0.565. The molecule has 0 radical (unpaired) electrons. The van der Waals surface area contributed by atoms with E-state index in [4.69, 9.17) is 35.4 Å². The van der Waals surface area contributed by atoms with Crippen molar-refractivity contribution in [2.45, 2.75) is 0 Å². The van der Waals surface area contributed by atoms with Gasteiger partial charge in [0.1, 0.15) is 0 Å². The van der Waals surface area contributed by atoms with Crippen LogP contribution in [-0.4, -0.2) is 9.97 Å². The fourth-order valence-electron chi connectivity index (χ4n) is 2.10. The Morgan fingerprint density at radius 3 is 1.60 bits per heavy atom. The van der Waals surface area contributed by atoms with Crippen molar-refractivity contribution >= 4 is 35.4 Å². The monoisotopic (exact) mass is 320 g/mol. The minimum Gasteiger partial charge on any atom is -0.330 e. The molecule has 0 fully saturated rings. The van der Waals surface area contributed by atoms with Crippen molar-refractivity contribution in [2.24, 2.45) is 0 Å². The first-order chi connectivity index (χ1) is 9.63. The molecule has 3 rings (SSSR count). The Balaban J connectivity index is 2.21. The van der Waals surface area contributed by atoms with Gasteiger partial charge in [0.05, 0.1) is 11.4 Å². The van der Waals surface area contributed by atoms with Crippen LogP contribution in [0.5, 0.6) is 0 Å². The highest BCUT2D eigenvalue weighted by atomic mass is 35.5. The van der Waals surface area contributed by atoms with Gasteiger partial charge >= 0.3 is 0 Å². The number of imidazole rings is 1. The summed E-state index contributed by atoms with van der Waals surface area (Å²) in [5.74, 6) is 0. The molecule has 1 aromatic heterocycles. The molecule has 1 heterocycles. The van der Waals surface area contributed by atoms with Gasteiger partial charge in [0, 0.05) is 21.2 Å². The van der Waals surface area contributed by atoms with E-state index in [1.165, 1.54) is 0 Å². The molecule has 2 nitrogen and oxygen atoms in total. The Morgan fingerprint density at radius 1 is 0.750 bits per heavy atom. The number of hydrogen-bond acceptors (Lipinski definition) is 1. The van der Waals surface area contributed by atoms with Crippen molar-refractivity contribution in [3.8, 4) is 22.5 Å². The van der Waals surface area contributed by atoms with Gasteiger partial charge in [-0.2, -0.15) is 0 Å². The molecule has 0 unspecified atom stereocenters. The lowest BCUT2D eigenvalue weighted by Crippen LogP contribution is -1.84. The van der Waals surface area contributed by atoms with Crippen LogP contribution in [0.4, 0.5) is 0 Å². The Labute approximate surface area is 131 Å². The lowest BCUT2D eigenvalue weighted by atomic mass is 10.1. The summed E-state index contributed by atoms with van der Waals surface area (Å²) in [6.45, 7) is 0. The van der Waals surface area contributed by atoms with E-state index in [2.05, 4.69) is 9.97 Å². The molecule has 2 N–H and O–H groups in total. The second kappa shape index (κ2) is 5.44. The molecular weight excluding hydrogens is 311 g/mol. The number of H-pyrrole nitrogens is 2.